The Hall–Kier alpha value is -3.09. The second kappa shape index (κ2) is 5.60. The smallest absolute Gasteiger partial charge is 0.377 e. The van der Waals surface area contributed by atoms with Crippen LogP contribution >= 0.6 is 0 Å². The van der Waals surface area contributed by atoms with Crippen LogP contribution in [0.4, 0.5) is 0 Å². The summed E-state index contributed by atoms with van der Waals surface area (Å²) in [7, 11) is 4.26. The number of para-hydroxylation sites is 1. The summed E-state index contributed by atoms with van der Waals surface area (Å²) in [6.45, 7) is 0. The molecule has 23 heavy (non-hydrogen) atoms. The molecule has 0 fully saturated rings. The minimum Gasteiger partial charge on any atom is -0.465 e. The number of ether oxygens (including phenoxy) is 2. The summed E-state index contributed by atoms with van der Waals surface area (Å²) in [5.41, 5.74) is 1.77. The van der Waals surface area contributed by atoms with Gasteiger partial charge in [-0.2, -0.15) is 0 Å². The Morgan fingerprint density at radius 2 is 1.83 bits per heavy atom. The fourth-order valence-electron chi connectivity index (χ4n) is 2.50. The van der Waals surface area contributed by atoms with E-state index in [0.717, 1.165) is 10.9 Å². The molecule has 3 aromatic rings. The second-order valence-electron chi connectivity index (χ2n) is 4.87. The van der Waals surface area contributed by atoms with E-state index in [4.69, 9.17) is 9.26 Å². The van der Waals surface area contributed by atoms with E-state index >= 15 is 0 Å². The molecule has 3 rings (SSSR count). The Labute approximate surface area is 131 Å². The van der Waals surface area contributed by atoms with Crippen LogP contribution in [0.5, 0.6) is 0 Å². The first kappa shape index (κ1) is 14.8. The predicted octanol–water partition coefficient (Wildman–Crippen LogP) is 2.41. The zero-order valence-corrected chi connectivity index (χ0v) is 12.8. The van der Waals surface area contributed by atoms with Gasteiger partial charge < -0.3 is 18.6 Å². The first-order chi connectivity index (χ1) is 11.1. The van der Waals surface area contributed by atoms with Gasteiger partial charge in [-0.25, -0.2) is 9.59 Å². The molecular formula is C16H14N2O5. The zero-order valence-electron chi connectivity index (χ0n) is 12.8. The summed E-state index contributed by atoms with van der Waals surface area (Å²) < 4.78 is 16.3. The summed E-state index contributed by atoms with van der Waals surface area (Å²) in [6.07, 6.45) is 0. The number of aromatic nitrogens is 2. The highest BCUT2D eigenvalue weighted by atomic mass is 16.6. The Bertz CT molecular complexity index is 906. The molecule has 7 heteroatoms. The molecule has 0 aliphatic rings. The van der Waals surface area contributed by atoms with Crippen LogP contribution in [-0.2, 0) is 16.5 Å². The number of carbonyl (C=O) groups is 2. The predicted molar refractivity (Wildman–Crippen MR) is 81.1 cm³/mol. The van der Waals surface area contributed by atoms with Gasteiger partial charge in [0.1, 0.15) is 11.3 Å². The maximum absolute atomic E-state index is 12.1. The number of aryl methyl sites for hydroxylation is 1. The highest BCUT2D eigenvalue weighted by molar-refractivity contribution is 6.06. The van der Waals surface area contributed by atoms with E-state index in [-0.39, 0.29) is 17.0 Å². The monoisotopic (exact) mass is 314 g/mol. The van der Waals surface area contributed by atoms with Crippen LogP contribution in [0.2, 0.25) is 0 Å². The topological polar surface area (TPSA) is 83.6 Å². The van der Waals surface area contributed by atoms with E-state index in [2.05, 4.69) is 9.89 Å². The van der Waals surface area contributed by atoms with E-state index < -0.39 is 11.9 Å². The van der Waals surface area contributed by atoms with Crippen molar-refractivity contribution in [1.29, 1.82) is 0 Å². The Morgan fingerprint density at radius 3 is 2.48 bits per heavy atom. The van der Waals surface area contributed by atoms with Crippen LogP contribution in [0, 0.1) is 0 Å². The van der Waals surface area contributed by atoms with Gasteiger partial charge in [-0.3, -0.25) is 0 Å². The summed E-state index contributed by atoms with van der Waals surface area (Å²) in [6, 6.07) is 9.57. The van der Waals surface area contributed by atoms with Crippen LogP contribution in [0.15, 0.2) is 34.9 Å². The number of esters is 2. The molecule has 0 N–H and O–H groups in total. The van der Waals surface area contributed by atoms with Gasteiger partial charge in [-0.05, 0) is 12.1 Å². The zero-order chi connectivity index (χ0) is 16.6. The van der Waals surface area contributed by atoms with Gasteiger partial charge in [0, 0.05) is 18.0 Å². The SMILES string of the molecule is COC(=O)c1onc(-c2cc3ccccc3n2C)c1C(=O)OC. The maximum Gasteiger partial charge on any atom is 0.377 e. The molecule has 7 nitrogen and oxygen atoms in total. The molecule has 0 amide bonds. The average Bonchev–Trinajstić information content (AvgIpc) is 3.15. The molecule has 0 bridgehead atoms. The summed E-state index contributed by atoms with van der Waals surface area (Å²) >= 11 is 0. The summed E-state index contributed by atoms with van der Waals surface area (Å²) in [5, 5.41) is 4.86. The fraction of sp³-hybridized carbons (Fsp3) is 0.188. The standard InChI is InChI=1S/C16H14N2O5/c1-18-10-7-5-4-6-9(10)8-11(18)13-12(15(19)21-2)14(23-17-13)16(20)22-3/h4-8H,1-3H3. The fourth-order valence-corrected chi connectivity index (χ4v) is 2.50. The molecule has 0 aliphatic heterocycles. The van der Waals surface area contributed by atoms with Crippen molar-refractivity contribution in [3.8, 4) is 11.4 Å². The Balaban J connectivity index is 2.26. The maximum atomic E-state index is 12.1. The quantitative estimate of drug-likeness (QED) is 0.690. The minimum absolute atomic E-state index is 0.0507. The molecule has 1 aromatic carbocycles. The Morgan fingerprint density at radius 1 is 1.13 bits per heavy atom. The van der Waals surface area contributed by atoms with Gasteiger partial charge in [0.05, 0.1) is 19.9 Å². The van der Waals surface area contributed by atoms with E-state index in [1.54, 1.807) is 0 Å². The molecule has 0 saturated heterocycles. The van der Waals surface area contributed by atoms with Crippen molar-refractivity contribution in [3.63, 3.8) is 0 Å². The van der Waals surface area contributed by atoms with Crippen molar-refractivity contribution >= 4 is 22.8 Å². The lowest BCUT2D eigenvalue weighted by Gasteiger charge is -2.03. The summed E-state index contributed by atoms with van der Waals surface area (Å²) in [5.74, 6) is -1.78. The molecule has 0 spiro atoms. The van der Waals surface area contributed by atoms with Crippen LogP contribution < -0.4 is 0 Å². The first-order valence-electron chi connectivity index (χ1n) is 6.79. The van der Waals surface area contributed by atoms with Gasteiger partial charge in [0.25, 0.3) is 5.76 Å². The number of hydrogen-bond acceptors (Lipinski definition) is 6. The normalized spacial score (nSPS) is 10.7. The lowest BCUT2D eigenvalue weighted by atomic mass is 10.1. The number of hydrogen-bond donors (Lipinski definition) is 0. The van der Waals surface area contributed by atoms with Gasteiger partial charge in [-0.1, -0.05) is 23.4 Å². The van der Waals surface area contributed by atoms with Gasteiger partial charge in [0.2, 0.25) is 0 Å². The minimum atomic E-state index is -0.789. The van der Waals surface area contributed by atoms with E-state index in [9.17, 15) is 9.59 Å². The van der Waals surface area contributed by atoms with Crippen LogP contribution in [-0.4, -0.2) is 35.9 Å². The van der Waals surface area contributed by atoms with Crippen molar-refractivity contribution in [2.45, 2.75) is 0 Å². The number of nitrogens with zero attached hydrogens (tertiary/aromatic N) is 2. The number of fused-ring (bicyclic) bond motifs is 1. The third-order valence-electron chi connectivity index (χ3n) is 3.65. The van der Waals surface area contributed by atoms with E-state index in [0.29, 0.717) is 5.69 Å². The van der Waals surface area contributed by atoms with Crippen LogP contribution in [0.1, 0.15) is 20.9 Å². The van der Waals surface area contributed by atoms with E-state index in [1.807, 2.05) is 41.9 Å². The van der Waals surface area contributed by atoms with Crippen molar-refractivity contribution in [1.82, 2.24) is 9.72 Å². The first-order valence-corrected chi connectivity index (χ1v) is 6.79. The highest BCUT2D eigenvalue weighted by Gasteiger charge is 2.31. The van der Waals surface area contributed by atoms with Crippen molar-refractivity contribution in [3.05, 3.63) is 41.7 Å². The molecule has 118 valence electrons. The molecule has 0 atom stereocenters. The molecule has 2 heterocycles. The number of rotatable bonds is 3. The van der Waals surface area contributed by atoms with Crippen molar-refractivity contribution < 1.29 is 23.6 Å². The molecule has 0 unspecified atom stereocenters. The average molecular weight is 314 g/mol. The molecule has 2 aromatic heterocycles. The number of carbonyl (C=O) groups excluding carboxylic acids is 2. The Kier molecular flexibility index (Phi) is 3.61. The van der Waals surface area contributed by atoms with Crippen LogP contribution in [0.3, 0.4) is 0 Å². The third-order valence-corrected chi connectivity index (χ3v) is 3.65. The van der Waals surface area contributed by atoms with Crippen molar-refractivity contribution in [2.24, 2.45) is 7.05 Å². The molecule has 0 saturated carbocycles. The van der Waals surface area contributed by atoms with Gasteiger partial charge in [0.15, 0.2) is 0 Å². The van der Waals surface area contributed by atoms with Crippen LogP contribution in [0.25, 0.3) is 22.3 Å². The van der Waals surface area contributed by atoms with Gasteiger partial charge >= 0.3 is 11.9 Å². The molecule has 0 radical (unpaired) electrons. The highest BCUT2D eigenvalue weighted by Crippen LogP contribution is 2.31. The lowest BCUT2D eigenvalue weighted by Crippen LogP contribution is -2.10. The van der Waals surface area contributed by atoms with Gasteiger partial charge in [-0.15, -0.1) is 0 Å². The molecular weight excluding hydrogens is 300 g/mol. The summed E-state index contributed by atoms with van der Waals surface area (Å²) in [4.78, 5) is 23.9. The van der Waals surface area contributed by atoms with E-state index in [1.165, 1.54) is 14.2 Å². The number of methoxy groups -OCH3 is 2. The van der Waals surface area contributed by atoms with Crippen molar-refractivity contribution in [2.75, 3.05) is 14.2 Å². The lowest BCUT2D eigenvalue weighted by molar-refractivity contribution is 0.0521. The largest absolute Gasteiger partial charge is 0.465 e. The third kappa shape index (κ3) is 2.26. The molecule has 0 aliphatic carbocycles. The second-order valence-corrected chi connectivity index (χ2v) is 4.87. The number of benzene rings is 1.